The lowest BCUT2D eigenvalue weighted by Gasteiger charge is -2.12. The van der Waals surface area contributed by atoms with Crippen molar-refractivity contribution in [2.75, 3.05) is 7.11 Å². The number of nitro benzene ring substituents is 1. The largest absolute Gasteiger partial charge is 0.496 e. The lowest BCUT2D eigenvalue weighted by Crippen LogP contribution is -2.00. The number of nitrogens with zero attached hydrogens (tertiary/aromatic N) is 1. The van der Waals surface area contributed by atoms with Crippen LogP contribution in [0.1, 0.15) is 21.5 Å². The molecule has 158 valence electrons. The third-order valence-corrected chi connectivity index (χ3v) is 5.14. The number of ketones is 1. The molecule has 0 saturated heterocycles. The number of halogens is 2. The predicted octanol–water partition coefficient (Wildman–Crippen LogP) is 6.49. The second-order valence-electron chi connectivity index (χ2n) is 6.44. The SMILES string of the molecule is COc1ccc(/C=C/C(=O)c2cccc(Br)c2)cc1COc1ccc([N+](=O)[O-])cc1Cl. The first-order valence-electron chi connectivity index (χ1n) is 9.09. The Labute approximate surface area is 192 Å². The number of non-ortho nitro benzene ring substituents is 1. The molecular weight excluding hydrogens is 486 g/mol. The maximum Gasteiger partial charge on any atom is 0.271 e. The molecule has 0 unspecified atom stereocenters. The van der Waals surface area contributed by atoms with Crippen LogP contribution in [0.25, 0.3) is 6.08 Å². The molecular formula is C23H17BrClNO5. The number of carbonyl (C=O) groups is 1. The summed E-state index contributed by atoms with van der Waals surface area (Å²) >= 11 is 9.44. The Balaban J connectivity index is 1.76. The molecule has 0 N–H and O–H groups in total. The minimum atomic E-state index is -0.524. The van der Waals surface area contributed by atoms with Crippen LogP contribution in [-0.2, 0) is 6.61 Å². The topological polar surface area (TPSA) is 78.7 Å². The predicted molar refractivity (Wildman–Crippen MR) is 123 cm³/mol. The summed E-state index contributed by atoms with van der Waals surface area (Å²) in [5.41, 5.74) is 1.99. The molecule has 0 aliphatic rings. The van der Waals surface area contributed by atoms with Gasteiger partial charge in [0.2, 0.25) is 0 Å². The molecule has 0 atom stereocenters. The van der Waals surface area contributed by atoms with Gasteiger partial charge in [0.05, 0.1) is 17.1 Å². The summed E-state index contributed by atoms with van der Waals surface area (Å²) in [4.78, 5) is 22.7. The monoisotopic (exact) mass is 501 g/mol. The number of rotatable bonds is 8. The fourth-order valence-electron chi connectivity index (χ4n) is 2.80. The van der Waals surface area contributed by atoms with Crippen molar-refractivity contribution < 1.29 is 19.2 Å². The number of hydrogen-bond donors (Lipinski definition) is 0. The fourth-order valence-corrected chi connectivity index (χ4v) is 3.43. The summed E-state index contributed by atoms with van der Waals surface area (Å²) in [5, 5.41) is 11.0. The van der Waals surface area contributed by atoms with Crippen LogP contribution in [0, 0.1) is 10.1 Å². The number of methoxy groups -OCH3 is 1. The number of nitro groups is 1. The van der Waals surface area contributed by atoms with E-state index in [-0.39, 0.29) is 23.1 Å². The van der Waals surface area contributed by atoms with E-state index in [1.165, 1.54) is 24.3 Å². The zero-order valence-electron chi connectivity index (χ0n) is 16.4. The number of benzene rings is 3. The van der Waals surface area contributed by atoms with Crippen LogP contribution in [-0.4, -0.2) is 17.8 Å². The highest BCUT2D eigenvalue weighted by Gasteiger charge is 2.12. The highest BCUT2D eigenvalue weighted by molar-refractivity contribution is 9.10. The Morgan fingerprint density at radius 2 is 1.90 bits per heavy atom. The van der Waals surface area contributed by atoms with Crippen LogP contribution in [0.15, 0.2) is 71.2 Å². The third-order valence-electron chi connectivity index (χ3n) is 4.35. The maximum absolute atomic E-state index is 12.4. The van der Waals surface area contributed by atoms with Gasteiger partial charge in [0.15, 0.2) is 5.78 Å². The second-order valence-corrected chi connectivity index (χ2v) is 7.76. The molecule has 3 aromatic rings. The van der Waals surface area contributed by atoms with Crippen molar-refractivity contribution in [3.63, 3.8) is 0 Å². The average Bonchev–Trinajstić information content (AvgIpc) is 2.76. The summed E-state index contributed by atoms with van der Waals surface area (Å²) in [6, 6.07) is 16.6. The molecule has 0 aliphatic carbocycles. The van der Waals surface area contributed by atoms with Gasteiger partial charge in [-0.3, -0.25) is 14.9 Å². The van der Waals surface area contributed by atoms with Crippen molar-refractivity contribution in [1.29, 1.82) is 0 Å². The number of allylic oxidation sites excluding steroid dienone is 1. The first kappa shape index (κ1) is 22.5. The average molecular weight is 503 g/mol. The molecule has 0 heterocycles. The highest BCUT2D eigenvalue weighted by atomic mass is 79.9. The Bertz CT molecular complexity index is 1160. The van der Waals surface area contributed by atoms with Gasteiger partial charge in [-0.2, -0.15) is 0 Å². The molecule has 0 bridgehead atoms. The smallest absolute Gasteiger partial charge is 0.271 e. The van der Waals surface area contributed by atoms with Crippen molar-refractivity contribution in [1.82, 2.24) is 0 Å². The van der Waals surface area contributed by atoms with Crippen molar-refractivity contribution >= 4 is 45.1 Å². The molecule has 0 radical (unpaired) electrons. The molecule has 0 spiro atoms. The van der Waals surface area contributed by atoms with Gasteiger partial charge in [-0.15, -0.1) is 0 Å². The summed E-state index contributed by atoms with van der Waals surface area (Å²) in [6.45, 7) is 0.127. The molecule has 0 aliphatic heterocycles. The van der Waals surface area contributed by atoms with E-state index in [2.05, 4.69) is 15.9 Å². The minimum Gasteiger partial charge on any atom is -0.496 e. The quantitative estimate of drug-likeness (QED) is 0.152. The van der Waals surface area contributed by atoms with Crippen LogP contribution in [0.2, 0.25) is 5.02 Å². The summed E-state index contributed by atoms with van der Waals surface area (Å²) in [7, 11) is 1.55. The zero-order valence-corrected chi connectivity index (χ0v) is 18.7. The molecule has 0 amide bonds. The third kappa shape index (κ3) is 5.93. The van der Waals surface area contributed by atoms with Crippen LogP contribution in [0.4, 0.5) is 5.69 Å². The van der Waals surface area contributed by atoms with Gasteiger partial charge in [-0.05, 0) is 42.0 Å². The van der Waals surface area contributed by atoms with Crippen molar-refractivity contribution in [3.8, 4) is 11.5 Å². The van der Waals surface area contributed by atoms with E-state index in [4.69, 9.17) is 21.1 Å². The van der Waals surface area contributed by atoms with Crippen LogP contribution in [0.3, 0.4) is 0 Å². The standard InChI is InChI=1S/C23H17BrClNO5/c1-30-22-9-6-15(5-8-21(27)16-3-2-4-18(24)12-16)11-17(22)14-31-23-10-7-19(26(28)29)13-20(23)25/h2-13H,14H2,1H3/b8-5+. The lowest BCUT2D eigenvalue weighted by molar-refractivity contribution is -0.384. The second kappa shape index (κ2) is 10.2. The first-order chi connectivity index (χ1) is 14.9. The van der Waals surface area contributed by atoms with E-state index in [0.29, 0.717) is 17.1 Å². The van der Waals surface area contributed by atoms with E-state index in [9.17, 15) is 14.9 Å². The zero-order chi connectivity index (χ0) is 22.4. The first-order valence-corrected chi connectivity index (χ1v) is 10.3. The van der Waals surface area contributed by atoms with E-state index in [1.54, 1.807) is 37.5 Å². The maximum atomic E-state index is 12.4. The Hall–Kier alpha value is -3.16. The molecule has 3 rings (SSSR count). The molecule has 3 aromatic carbocycles. The van der Waals surface area contributed by atoms with Crippen molar-refractivity contribution in [3.05, 3.63) is 103 Å². The Morgan fingerprint density at radius 3 is 2.58 bits per heavy atom. The summed E-state index contributed by atoms with van der Waals surface area (Å²) < 4.78 is 11.9. The van der Waals surface area contributed by atoms with E-state index in [1.807, 2.05) is 18.2 Å². The fraction of sp³-hybridized carbons (Fsp3) is 0.0870. The van der Waals surface area contributed by atoms with E-state index < -0.39 is 4.92 Å². The summed E-state index contributed by atoms with van der Waals surface area (Å²) in [5.74, 6) is 0.807. The minimum absolute atomic E-state index is 0.114. The van der Waals surface area contributed by atoms with Gasteiger partial charge < -0.3 is 9.47 Å². The number of hydrogen-bond acceptors (Lipinski definition) is 5. The summed E-state index contributed by atoms with van der Waals surface area (Å²) in [6.07, 6.45) is 3.21. The van der Waals surface area contributed by atoms with Gasteiger partial charge in [0, 0.05) is 27.7 Å². The molecule has 0 aromatic heterocycles. The molecule has 0 fully saturated rings. The van der Waals surface area contributed by atoms with Gasteiger partial charge in [-0.25, -0.2) is 0 Å². The van der Waals surface area contributed by atoms with E-state index in [0.717, 1.165) is 15.6 Å². The Morgan fingerprint density at radius 1 is 1.13 bits per heavy atom. The van der Waals surface area contributed by atoms with Crippen LogP contribution < -0.4 is 9.47 Å². The number of ether oxygens (including phenoxy) is 2. The van der Waals surface area contributed by atoms with Crippen LogP contribution >= 0.6 is 27.5 Å². The molecule has 31 heavy (non-hydrogen) atoms. The van der Waals surface area contributed by atoms with E-state index >= 15 is 0 Å². The molecule has 8 heteroatoms. The van der Waals surface area contributed by atoms with Gasteiger partial charge in [0.25, 0.3) is 5.69 Å². The van der Waals surface area contributed by atoms with Gasteiger partial charge >= 0.3 is 0 Å². The Kier molecular flexibility index (Phi) is 7.44. The van der Waals surface area contributed by atoms with Gasteiger partial charge in [0.1, 0.15) is 18.1 Å². The highest BCUT2D eigenvalue weighted by Crippen LogP contribution is 2.30. The van der Waals surface area contributed by atoms with Crippen molar-refractivity contribution in [2.24, 2.45) is 0 Å². The molecule has 0 saturated carbocycles. The molecule has 6 nitrogen and oxygen atoms in total. The van der Waals surface area contributed by atoms with Crippen molar-refractivity contribution in [2.45, 2.75) is 6.61 Å². The lowest BCUT2D eigenvalue weighted by atomic mass is 10.1. The normalized spacial score (nSPS) is 10.8. The van der Waals surface area contributed by atoms with Gasteiger partial charge in [-0.1, -0.05) is 51.8 Å². The van der Waals surface area contributed by atoms with Crippen LogP contribution in [0.5, 0.6) is 11.5 Å². The number of carbonyl (C=O) groups excluding carboxylic acids is 1.